The number of carbonyl (C=O) groups excluding carboxylic acids is 1. The van der Waals surface area contributed by atoms with Crippen molar-refractivity contribution < 1.29 is 13.2 Å². The highest BCUT2D eigenvalue weighted by atomic mass is 32.2. The lowest BCUT2D eigenvalue weighted by atomic mass is 10.1. The molecule has 0 atom stereocenters. The zero-order valence-electron chi connectivity index (χ0n) is 15.8. The molecule has 2 aromatic heterocycles. The Morgan fingerprint density at radius 1 is 1.15 bits per heavy atom. The second-order valence-electron chi connectivity index (χ2n) is 6.60. The smallest absolute Gasteiger partial charge is 0.255 e. The molecular formula is C18H21N5O3S. The van der Waals surface area contributed by atoms with Crippen LogP contribution in [0.2, 0.25) is 0 Å². The molecule has 2 N–H and O–H groups in total. The van der Waals surface area contributed by atoms with Gasteiger partial charge in [0.15, 0.2) is 5.65 Å². The Labute approximate surface area is 157 Å². The SMILES string of the molecule is Cc1cc(C(=O)Nc2cnc3n[nH]c(C)c3c2)cc(S(=O)(=O)N(C)C)c1C. The zero-order valence-corrected chi connectivity index (χ0v) is 16.6. The van der Waals surface area contributed by atoms with Gasteiger partial charge >= 0.3 is 0 Å². The molecule has 1 aromatic carbocycles. The minimum atomic E-state index is -3.66. The quantitative estimate of drug-likeness (QED) is 0.715. The number of nitrogens with one attached hydrogen (secondary N) is 2. The minimum absolute atomic E-state index is 0.122. The first-order valence-electron chi connectivity index (χ1n) is 8.27. The van der Waals surface area contributed by atoms with Gasteiger partial charge in [0.2, 0.25) is 10.0 Å². The van der Waals surface area contributed by atoms with Crippen LogP contribution in [-0.2, 0) is 10.0 Å². The Kier molecular flexibility index (Phi) is 4.75. The number of fused-ring (bicyclic) bond motifs is 1. The van der Waals surface area contributed by atoms with Gasteiger partial charge in [0.1, 0.15) is 0 Å². The van der Waals surface area contributed by atoms with Crippen molar-refractivity contribution in [2.45, 2.75) is 25.7 Å². The number of H-pyrrole nitrogens is 1. The van der Waals surface area contributed by atoms with Gasteiger partial charge in [0.05, 0.1) is 16.8 Å². The van der Waals surface area contributed by atoms with E-state index in [0.717, 1.165) is 20.9 Å². The molecule has 8 nitrogen and oxygen atoms in total. The summed E-state index contributed by atoms with van der Waals surface area (Å²) in [6, 6.07) is 4.86. The molecule has 2 heterocycles. The highest BCUT2D eigenvalue weighted by Crippen LogP contribution is 2.24. The third-order valence-corrected chi connectivity index (χ3v) is 6.44. The topological polar surface area (TPSA) is 108 Å². The normalized spacial score (nSPS) is 11.9. The second-order valence-corrected chi connectivity index (χ2v) is 8.72. The third kappa shape index (κ3) is 3.43. The number of carbonyl (C=O) groups is 1. The van der Waals surface area contributed by atoms with Crippen LogP contribution in [0.3, 0.4) is 0 Å². The van der Waals surface area contributed by atoms with E-state index in [4.69, 9.17) is 0 Å². The van der Waals surface area contributed by atoms with E-state index >= 15 is 0 Å². The van der Waals surface area contributed by atoms with E-state index in [1.54, 1.807) is 26.0 Å². The molecule has 0 saturated heterocycles. The van der Waals surface area contributed by atoms with Gasteiger partial charge in [-0.05, 0) is 50.1 Å². The van der Waals surface area contributed by atoms with E-state index < -0.39 is 15.9 Å². The molecule has 27 heavy (non-hydrogen) atoms. The van der Waals surface area contributed by atoms with Gasteiger partial charge in [-0.1, -0.05) is 0 Å². The lowest BCUT2D eigenvalue weighted by Crippen LogP contribution is -2.24. The maximum absolute atomic E-state index is 12.7. The van der Waals surface area contributed by atoms with E-state index in [0.29, 0.717) is 16.9 Å². The minimum Gasteiger partial charge on any atom is -0.321 e. The lowest BCUT2D eigenvalue weighted by molar-refractivity contribution is 0.102. The van der Waals surface area contributed by atoms with Crippen LogP contribution in [0.25, 0.3) is 11.0 Å². The van der Waals surface area contributed by atoms with Crippen LogP contribution in [0.5, 0.6) is 0 Å². The van der Waals surface area contributed by atoms with Gasteiger partial charge in [0.25, 0.3) is 5.91 Å². The molecule has 3 aromatic rings. The van der Waals surface area contributed by atoms with E-state index in [1.165, 1.54) is 26.4 Å². The Morgan fingerprint density at radius 3 is 2.52 bits per heavy atom. The molecule has 0 fully saturated rings. The summed E-state index contributed by atoms with van der Waals surface area (Å²) in [6.07, 6.45) is 1.51. The Bertz CT molecular complexity index is 1150. The Balaban J connectivity index is 1.99. The maximum Gasteiger partial charge on any atom is 0.255 e. The van der Waals surface area contributed by atoms with Crippen molar-refractivity contribution in [2.75, 3.05) is 19.4 Å². The third-order valence-electron chi connectivity index (χ3n) is 4.50. The number of amides is 1. The van der Waals surface area contributed by atoms with Crippen LogP contribution in [0.15, 0.2) is 29.3 Å². The number of rotatable bonds is 4. The summed E-state index contributed by atoms with van der Waals surface area (Å²) in [5.41, 5.74) is 3.53. The van der Waals surface area contributed by atoms with Gasteiger partial charge in [-0.3, -0.25) is 9.89 Å². The predicted molar refractivity (Wildman–Crippen MR) is 103 cm³/mol. The summed E-state index contributed by atoms with van der Waals surface area (Å²) < 4.78 is 26.3. The average molecular weight is 387 g/mol. The average Bonchev–Trinajstić information content (AvgIpc) is 2.97. The first-order chi connectivity index (χ1) is 12.6. The summed E-state index contributed by atoms with van der Waals surface area (Å²) in [6.45, 7) is 5.38. The fraction of sp³-hybridized carbons (Fsp3) is 0.278. The molecule has 0 aliphatic carbocycles. The van der Waals surface area contributed by atoms with Crippen LogP contribution >= 0.6 is 0 Å². The molecule has 0 radical (unpaired) electrons. The predicted octanol–water partition coefficient (Wildman–Crippen LogP) is 2.39. The number of benzene rings is 1. The second kappa shape index (κ2) is 6.75. The fourth-order valence-corrected chi connectivity index (χ4v) is 3.93. The number of aryl methyl sites for hydroxylation is 2. The number of sulfonamides is 1. The van der Waals surface area contributed by atoms with Crippen LogP contribution < -0.4 is 5.32 Å². The van der Waals surface area contributed by atoms with Gasteiger partial charge < -0.3 is 5.32 Å². The van der Waals surface area contributed by atoms with Crippen molar-refractivity contribution in [1.29, 1.82) is 0 Å². The number of hydrogen-bond acceptors (Lipinski definition) is 5. The summed E-state index contributed by atoms with van der Waals surface area (Å²) in [7, 11) is -0.731. The van der Waals surface area contributed by atoms with Gasteiger partial charge in [-0.15, -0.1) is 0 Å². The van der Waals surface area contributed by atoms with Crippen molar-refractivity contribution in [2.24, 2.45) is 0 Å². The number of aromatic nitrogens is 3. The molecular weight excluding hydrogens is 366 g/mol. The molecule has 0 aliphatic rings. The maximum atomic E-state index is 12.7. The standard InChI is InChI=1S/C18H21N5O3S/c1-10-6-13(7-16(11(10)2)27(25,26)23(4)5)18(24)20-14-8-15-12(3)21-22-17(15)19-9-14/h6-9H,1-5H3,(H,20,24)(H,19,21,22). The highest BCUT2D eigenvalue weighted by molar-refractivity contribution is 7.89. The van der Waals surface area contributed by atoms with E-state index in [1.807, 2.05) is 6.92 Å². The Hall–Kier alpha value is -2.78. The Morgan fingerprint density at radius 2 is 1.85 bits per heavy atom. The van der Waals surface area contributed by atoms with E-state index in [-0.39, 0.29) is 10.5 Å². The molecule has 0 unspecified atom stereocenters. The number of pyridine rings is 1. The molecule has 0 spiro atoms. The molecule has 1 amide bonds. The fourth-order valence-electron chi connectivity index (χ4n) is 2.71. The van der Waals surface area contributed by atoms with Crippen LogP contribution in [0.4, 0.5) is 5.69 Å². The highest BCUT2D eigenvalue weighted by Gasteiger charge is 2.23. The molecule has 0 bridgehead atoms. The van der Waals surface area contributed by atoms with Gasteiger partial charge in [-0.2, -0.15) is 5.10 Å². The molecule has 3 rings (SSSR count). The zero-order chi connectivity index (χ0) is 19.9. The molecule has 142 valence electrons. The summed E-state index contributed by atoms with van der Waals surface area (Å²) in [5.74, 6) is -0.407. The summed E-state index contributed by atoms with van der Waals surface area (Å²) in [5, 5.41) is 10.5. The molecule has 0 saturated carbocycles. The molecule has 9 heteroatoms. The van der Waals surface area contributed by atoms with Crippen LogP contribution in [0, 0.1) is 20.8 Å². The summed E-state index contributed by atoms with van der Waals surface area (Å²) in [4.78, 5) is 17.0. The van der Waals surface area contributed by atoms with E-state index in [2.05, 4.69) is 20.5 Å². The van der Waals surface area contributed by atoms with Crippen molar-refractivity contribution >= 4 is 32.7 Å². The van der Waals surface area contributed by atoms with Crippen LogP contribution in [-0.4, -0.2) is 47.9 Å². The number of hydrogen-bond donors (Lipinski definition) is 2. The number of nitrogens with zero attached hydrogens (tertiary/aromatic N) is 3. The number of anilines is 1. The van der Waals surface area contributed by atoms with Gasteiger partial charge in [0, 0.05) is 30.7 Å². The first kappa shape index (κ1) is 19.0. The van der Waals surface area contributed by atoms with Crippen LogP contribution in [0.1, 0.15) is 27.2 Å². The summed E-state index contributed by atoms with van der Waals surface area (Å²) >= 11 is 0. The van der Waals surface area contributed by atoms with Gasteiger partial charge in [-0.25, -0.2) is 17.7 Å². The largest absolute Gasteiger partial charge is 0.321 e. The number of aromatic amines is 1. The monoisotopic (exact) mass is 387 g/mol. The van der Waals surface area contributed by atoms with E-state index in [9.17, 15) is 13.2 Å². The van der Waals surface area contributed by atoms with Crippen molar-refractivity contribution in [3.8, 4) is 0 Å². The molecule has 0 aliphatic heterocycles. The van der Waals surface area contributed by atoms with Crippen molar-refractivity contribution in [3.63, 3.8) is 0 Å². The van der Waals surface area contributed by atoms with Crippen molar-refractivity contribution in [3.05, 3.63) is 46.8 Å². The van der Waals surface area contributed by atoms with Crippen molar-refractivity contribution in [1.82, 2.24) is 19.5 Å². The lowest BCUT2D eigenvalue weighted by Gasteiger charge is -2.16. The first-order valence-corrected chi connectivity index (χ1v) is 9.71.